The zero-order valence-electron chi connectivity index (χ0n) is 4.06. The van der Waals surface area contributed by atoms with Gasteiger partial charge in [-0.2, -0.15) is 0 Å². The number of rotatable bonds is 1. The van der Waals surface area contributed by atoms with E-state index < -0.39 is 0 Å². The van der Waals surface area contributed by atoms with Crippen LogP contribution in [0.3, 0.4) is 0 Å². The second-order valence-corrected chi connectivity index (χ2v) is 1.40. The van der Waals surface area contributed by atoms with Gasteiger partial charge in [-0.1, -0.05) is 0 Å². The molecule has 1 atom stereocenters. The second-order valence-electron chi connectivity index (χ2n) is 1.40. The van der Waals surface area contributed by atoms with Gasteiger partial charge in [0, 0.05) is 0 Å². The Morgan fingerprint density at radius 3 is 2.00 bits per heavy atom. The van der Waals surface area contributed by atoms with E-state index in [-0.39, 0.29) is 11.8 Å². The van der Waals surface area contributed by atoms with Gasteiger partial charge in [0.25, 0.3) is 0 Å². The first-order chi connectivity index (χ1) is 2.64. The molecule has 2 N–H and O–H groups in total. The summed E-state index contributed by atoms with van der Waals surface area (Å²) in [5, 5.41) is 0. The molecule has 0 saturated heterocycles. The molecule has 0 aliphatic heterocycles. The van der Waals surface area contributed by atoms with Crippen LogP contribution in [0.25, 0.3) is 0 Å². The van der Waals surface area contributed by atoms with E-state index in [1.165, 1.54) is 6.92 Å². The highest BCUT2D eigenvalue weighted by Gasteiger charge is 1.95. The number of ketones is 1. The van der Waals surface area contributed by atoms with Crippen molar-refractivity contribution >= 4 is 5.78 Å². The minimum absolute atomic E-state index is 0.0370. The van der Waals surface area contributed by atoms with E-state index in [1.807, 2.05) is 0 Å². The molecule has 6 heavy (non-hydrogen) atoms. The summed E-state index contributed by atoms with van der Waals surface area (Å²) in [6, 6.07) is -0.287. The van der Waals surface area contributed by atoms with Gasteiger partial charge in [0.15, 0.2) is 0 Å². The lowest BCUT2D eigenvalue weighted by Gasteiger charge is -1.91. The highest BCUT2D eigenvalue weighted by molar-refractivity contribution is 5.80. The van der Waals surface area contributed by atoms with Gasteiger partial charge in [-0.25, -0.2) is 0 Å². The Morgan fingerprint density at radius 2 is 2.00 bits per heavy atom. The fourth-order valence-corrected chi connectivity index (χ4v) is 0. The summed E-state index contributed by atoms with van der Waals surface area (Å²) in [6.45, 7) is 3.15. The Morgan fingerprint density at radius 1 is 1.83 bits per heavy atom. The molecule has 0 aliphatic carbocycles. The van der Waals surface area contributed by atoms with Crippen molar-refractivity contribution in [2.45, 2.75) is 19.9 Å². The third-order valence-corrected chi connectivity index (χ3v) is 0.641. The summed E-state index contributed by atoms with van der Waals surface area (Å²) in [7, 11) is 0. The molecule has 0 aliphatic rings. The minimum atomic E-state index is -0.287. The van der Waals surface area contributed by atoms with Crippen molar-refractivity contribution in [3.05, 3.63) is 0 Å². The highest BCUT2D eigenvalue weighted by Crippen LogP contribution is 1.72. The number of carbonyl (C=O) groups excluding carboxylic acids is 1. The van der Waals surface area contributed by atoms with Gasteiger partial charge < -0.3 is 5.73 Å². The van der Waals surface area contributed by atoms with Gasteiger partial charge in [0.2, 0.25) is 0 Å². The third-order valence-electron chi connectivity index (χ3n) is 0.641. The lowest BCUT2D eigenvalue weighted by Crippen LogP contribution is -2.23. The first kappa shape index (κ1) is 5.63. The summed E-state index contributed by atoms with van der Waals surface area (Å²) < 4.78 is 0. The van der Waals surface area contributed by atoms with Crippen LogP contribution in [0.4, 0.5) is 0 Å². The molecule has 36 valence electrons. The number of hydrogen-bond donors (Lipinski definition) is 1. The lowest BCUT2D eigenvalue weighted by atomic mass is 10.3. The number of Topliss-reactive ketones (excluding diaryl/α,β-unsaturated/α-hetero) is 1. The lowest BCUT2D eigenvalue weighted by molar-refractivity contribution is -0.117. The minimum Gasteiger partial charge on any atom is -0.322 e. The molecule has 0 rings (SSSR count). The van der Waals surface area contributed by atoms with Crippen molar-refractivity contribution in [2.24, 2.45) is 5.73 Å². The van der Waals surface area contributed by atoms with Crippen molar-refractivity contribution < 1.29 is 4.79 Å². The van der Waals surface area contributed by atoms with E-state index >= 15 is 0 Å². The summed E-state index contributed by atoms with van der Waals surface area (Å²) in [4.78, 5) is 10.0. The van der Waals surface area contributed by atoms with E-state index in [2.05, 4.69) is 0 Å². The molecule has 0 bridgehead atoms. The monoisotopic (exact) mass is 87.1 g/mol. The molecular weight excluding hydrogens is 78.0 g/mol. The van der Waals surface area contributed by atoms with Crippen LogP contribution in [0.5, 0.6) is 0 Å². The van der Waals surface area contributed by atoms with Crippen LogP contribution in [-0.2, 0) is 4.79 Å². The van der Waals surface area contributed by atoms with Crippen molar-refractivity contribution in [3.63, 3.8) is 0 Å². The molecule has 0 radical (unpaired) electrons. The Balaban J connectivity index is 3.26. The number of hydrogen-bond acceptors (Lipinski definition) is 2. The maximum atomic E-state index is 10.0. The van der Waals surface area contributed by atoms with Gasteiger partial charge in [0.05, 0.1) is 6.04 Å². The van der Waals surface area contributed by atoms with Crippen molar-refractivity contribution in [1.29, 1.82) is 0 Å². The van der Waals surface area contributed by atoms with Crippen LogP contribution in [0.2, 0.25) is 0 Å². The van der Waals surface area contributed by atoms with Crippen molar-refractivity contribution in [1.82, 2.24) is 0 Å². The van der Waals surface area contributed by atoms with Crippen molar-refractivity contribution in [3.8, 4) is 0 Å². The van der Waals surface area contributed by atoms with Crippen LogP contribution in [0.15, 0.2) is 0 Å². The highest BCUT2D eigenvalue weighted by atomic mass is 16.1. The molecule has 2 heteroatoms. The van der Waals surface area contributed by atoms with Crippen LogP contribution >= 0.6 is 0 Å². The van der Waals surface area contributed by atoms with Gasteiger partial charge in [0.1, 0.15) is 5.78 Å². The van der Waals surface area contributed by atoms with Crippen molar-refractivity contribution in [2.75, 3.05) is 0 Å². The van der Waals surface area contributed by atoms with Crippen LogP contribution in [-0.4, -0.2) is 11.8 Å². The molecule has 0 heterocycles. The Hall–Kier alpha value is -0.370. The molecule has 0 aromatic carbocycles. The molecule has 0 saturated carbocycles. The quantitative estimate of drug-likeness (QED) is 0.486. The smallest absolute Gasteiger partial charge is 0.146 e. The summed E-state index contributed by atoms with van der Waals surface area (Å²) in [5.74, 6) is 0.0370. The number of nitrogens with two attached hydrogens (primary N) is 1. The zero-order chi connectivity index (χ0) is 5.15. The molecule has 0 unspecified atom stereocenters. The predicted molar refractivity (Wildman–Crippen MR) is 24.3 cm³/mol. The van der Waals surface area contributed by atoms with Gasteiger partial charge in [-0.05, 0) is 13.8 Å². The first-order valence-corrected chi connectivity index (χ1v) is 1.90. The standard InChI is InChI=1S/C4H9NO/c1-3(5)4(2)6/h3H,5H2,1-2H3/t3-/m1/s1. The van der Waals surface area contributed by atoms with Gasteiger partial charge in [-0.3, -0.25) is 4.79 Å². The third kappa shape index (κ3) is 1.91. The van der Waals surface area contributed by atoms with Crippen LogP contribution < -0.4 is 5.73 Å². The molecule has 2 nitrogen and oxygen atoms in total. The zero-order valence-corrected chi connectivity index (χ0v) is 4.06. The molecule has 0 fully saturated rings. The van der Waals surface area contributed by atoms with E-state index in [0.29, 0.717) is 0 Å². The first-order valence-electron chi connectivity index (χ1n) is 1.90. The maximum absolute atomic E-state index is 10.0. The maximum Gasteiger partial charge on any atom is 0.146 e. The SMILES string of the molecule is CC(=O)[C@@H](C)N. The molecule has 0 spiro atoms. The number of carbonyl (C=O) groups is 1. The average molecular weight is 87.1 g/mol. The molecular formula is C4H9NO. The average Bonchev–Trinajstić information content (AvgIpc) is 1.36. The van der Waals surface area contributed by atoms with E-state index in [4.69, 9.17) is 5.73 Å². The fourth-order valence-electron chi connectivity index (χ4n) is 0. The molecule has 0 amide bonds. The predicted octanol–water partition coefficient (Wildman–Crippen LogP) is -0.0774. The molecule has 0 aromatic rings. The van der Waals surface area contributed by atoms with E-state index in [1.54, 1.807) is 6.92 Å². The van der Waals surface area contributed by atoms with Crippen LogP contribution in [0.1, 0.15) is 13.8 Å². The van der Waals surface area contributed by atoms with E-state index in [0.717, 1.165) is 0 Å². The van der Waals surface area contributed by atoms with Gasteiger partial charge >= 0.3 is 0 Å². The summed E-state index contributed by atoms with van der Waals surface area (Å²) >= 11 is 0. The molecule has 0 aromatic heterocycles. The Labute approximate surface area is 37.3 Å². The topological polar surface area (TPSA) is 43.1 Å². The summed E-state index contributed by atoms with van der Waals surface area (Å²) in [5.41, 5.74) is 5.09. The van der Waals surface area contributed by atoms with Crippen LogP contribution in [0, 0.1) is 0 Å². The van der Waals surface area contributed by atoms with Gasteiger partial charge in [-0.15, -0.1) is 0 Å². The normalized spacial score (nSPS) is 13.8. The summed E-state index contributed by atoms with van der Waals surface area (Å²) in [6.07, 6.45) is 0. The van der Waals surface area contributed by atoms with E-state index in [9.17, 15) is 4.79 Å². The fraction of sp³-hybridized carbons (Fsp3) is 0.750. The Bertz CT molecular complexity index is 58.6. The Kier molecular flexibility index (Phi) is 1.81. The largest absolute Gasteiger partial charge is 0.322 e. The second kappa shape index (κ2) is 1.92.